The van der Waals surface area contributed by atoms with Gasteiger partial charge >= 0.3 is 11.9 Å². The highest BCUT2D eigenvalue weighted by Gasteiger charge is 1.99. The molecule has 0 atom stereocenters. The minimum Gasteiger partial charge on any atom is -0.424 e. The summed E-state index contributed by atoms with van der Waals surface area (Å²) < 4.78 is 9.55. The maximum Gasteiger partial charge on any atom is 0.335 e. The number of hydrogen-bond acceptors (Lipinski definition) is 4. The van der Waals surface area contributed by atoms with Gasteiger partial charge in [-0.15, -0.1) is 0 Å². The van der Waals surface area contributed by atoms with E-state index in [1.807, 2.05) is 0 Å². The van der Waals surface area contributed by atoms with Gasteiger partial charge in [-0.1, -0.05) is 51.6 Å². The van der Waals surface area contributed by atoms with Crippen molar-refractivity contribution in [2.75, 3.05) is 0 Å². The third-order valence-electron chi connectivity index (χ3n) is 2.15. The van der Waals surface area contributed by atoms with Crippen LogP contribution >= 0.6 is 0 Å². The largest absolute Gasteiger partial charge is 0.424 e. The van der Waals surface area contributed by atoms with Crippen LogP contribution in [0.15, 0.2) is 98.6 Å². The van der Waals surface area contributed by atoms with Gasteiger partial charge in [-0.3, -0.25) is 0 Å². The van der Waals surface area contributed by atoms with Gasteiger partial charge in [-0.25, -0.2) is 9.59 Å². The molecule has 0 saturated heterocycles. The van der Waals surface area contributed by atoms with Crippen LogP contribution in [0.1, 0.15) is 0 Å². The van der Waals surface area contributed by atoms with Gasteiger partial charge in [0.25, 0.3) is 0 Å². The minimum absolute atomic E-state index is 0.146. The fourth-order valence-electron chi connectivity index (χ4n) is 1.01. The summed E-state index contributed by atoms with van der Waals surface area (Å²) in [5.74, 6) is -0.905. The van der Waals surface area contributed by atoms with Crippen LogP contribution in [0.3, 0.4) is 0 Å². The van der Waals surface area contributed by atoms with Gasteiger partial charge in [0.15, 0.2) is 0 Å². The van der Waals surface area contributed by atoms with E-state index in [4.69, 9.17) is 9.47 Å². The second-order valence-electron chi connectivity index (χ2n) is 3.90. The van der Waals surface area contributed by atoms with Crippen molar-refractivity contribution in [1.29, 1.82) is 0 Å². The highest BCUT2D eigenvalue weighted by molar-refractivity contribution is 5.82. The van der Waals surface area contributed by atoms with E-state index in [0.717, 1.165) is 12.2 Å². The van der Waals surface area contributed by atoms with Crippen molar-refractivity contribution in [3.05, 3.63) is 98.6 Å². The molecule has 0 fully saturated rings. The number of allylic oxidation sites excluding steroid dienone is 6. The molecule has 114 valence electrons. The Kier molecular flexibility index (Phi) is 8.33. The maximum atomic E-state index is 10.9. The first-order valence-electron chi connectivity index (χ1n) is 6.10. The number of hydrogen-bond donors (Lipinski definition) is 0. The maximum absolute atomic E-state index is 10.9. The molecule has 0 N–H and O–H groups in total. The summed E-state index contributed by atoms with van der Waals surface area (Å²) in [4.78, 5) is 21.9. The molecule has 0 radical (unpaired) electrons. The van der Waals surface area contributed by atoms with Crippen molar-refractivity contribution in [2.24, 2.45) is 0 Å². The van der Waals surface area contributed by atoms with Crippen LogP contribution in [0.5, 0.6) is 0 Å². The molecule has 22 heavy (non-hydrogen) atoms. The van der Waals surface area contributed by atoms with E-state index in [-0.39, 0.29) is 11.5 Å². The summed E-state index contributed by atoms with van der Waals surface area (Å²) in [5.41, 5.74) is 1.10. The second kappa shape index (κ2) is 9.72. The molecule has 0 rings (SSSR count). The van der Waals surface area contributed by atoms with E-state index in [1.165, 1.54) is 12.2 Å². The molecule has 0 unspecified atom stereocenters. The lowest BCUT2D eigenvalue weighted by atomic mass is 10.1. The summed E-state index contributed by atoms with van der Waals surface area (Å²) in [5, 5.41) is 0. The SMILES string of the molecule is C=CC(=O)OC(=C)/C=C\C(=C)C(=C)/C=C\C(=C)OC(=O)C=C. The van der Waals surface area contributed by atoms with E-state index < -0.39 is 11.9 Å². The van der Waals surface area contributed by atoms with Gasteiger partial charge < -0.3 is 9.47 Å². The first-order chi connectivity index (χ1) is 10.3. The summed E-state index contributed by atoms with van der Waals surface area (Å²) in [6.45, 7) is 21.2. The summed E-state index contributed by atoms with van der Waals surface area (Å²) in [6.07, 6.45) is 8.15. The van der Waals surface area contributed by atoms with Crippen LogP contribution in [0.4, 0.5) is 0 Å². The molecule has 0 saturated carbocycles. The molecular formula is C18H18O4. The fourth-order valence-corrected chi connectivity index (χ4v) is 1.01. The monoisotopic (exact) mass is 298 g/mol. The first-order valence-corrected chi connectivity index (χ1v) is 6.10. The van der Waals surface area contributed by atoms with Crippen molar-refractivity contribution < 1.29 is 19.1 Å². The van der Waals surface area contributed by atoms with Crippen LogP contribution in [-0.2, 0) is 19.1 Å². The Hall–Kier alpha value is -3.14. The van der Waals surface area contributed by atoms with Gasteiger partial charge in [0, 0.05) is 12.2 Å². The molecule has 0 aliphatic heterocycles. The summed E-state index contributed by atoms with van der Waals surface area (Å²) in [7, 11) is 0. The van der Waals surface area contributed by atoms with Gasteiger partial charge in [0.2, 0.25) is 0 Å². The van der Waals surface area contributed by atoms with Crippen LogP contribution in [0.2, 0.25) is 0 Å². The highest BCUT2D eigenvalue weighted by Crippen LogP contribution is 2.11. The van der Waals surface area contributed by atoms with Gasteiger partial charge in [0.05, 0.1) is 0 Å². The lowest BCUT2D eigenvalue weighted by Crippen LogP contribution is -1.97. The van der Waals surface area contributed by atoms with Crippen molar-refractivity contribution in [1.82, 2.24) is 0 Å². The van der Waals surface area contributed by atoms with E-state index in [0.29, 0.717) is 11.1 Å². The average Bonchev–Trinajstić information content (AvgIpc) is 2.49. The van der Waals surface area contributed by atoms with Gasteiger partial charge in [-0.2, -0.15) is 0 Å². The number of esters is 2. The number of carbonyl (C=O) groups excluding carboxylic acids is 2. The average molecular weight is 298 g/mol. The Morgan fingerprint density at radius 3 is 1.23 bits per heavy atom. The number of ether oxygens (including phenoxy) is 2. The van der Waals surface area contributed by atoms with Crippen LogP contribution in [-0.4, -0.2) is 11.9 Å². The van der Waals surface area contributed by atoms with Crippen molar-refractivity contribution in [3.8, 4) is 0 Å². The van der Waals surface area contributed by atoms with Crippen molar-refractivity contribution in [3.63, 3.8) is 0 Å². The van der Waals surface area contributed by atoms with Gasteiger partial charge in [0.1, 0.15) is 11.5 Å². The molecule has 0 spiro atoms. The van der Waals surface area contributed by atoms with Crippen LogP contribution < -0.4 is 0 Å². The Balaban J connectivity index is 4.52. The third-order valence-corrected chi connectivity index (χ3v) is 2.15. The molecule has 0 bridgehead atoms. The van der Waals surface area contributed by atoms with Crippen LogP contribution in [0.25, 0.3) is 0 Å². The van der Waals surface area contributed by atoms with Crippen molar-refractivity contribution in [2.45, 2.75) is 0 Å². The highest BCUT2D eigenvalue weighted by atomic mass is 16.5. The van der Waals surface area contributed by atoms with E-state index in [2.05, 4.69) is 39.5 Å². The Labute approximate surface area is 130 Å². The lowest BCUT2D eigenvalue weighted by Gasteiger charge is -2.02. The third kappa shape index (κ3) is 8.12. The molecule has 0 amide bonds. The molecule has 4 nitrogen and oxygen atoms in total. The zero-order valence-electron chi connectivity index (χ0n) is 12.3. The van der Waals surface area contributed by atoms with Crippen LogP contribution in [0, 0.1) is 0 Å². The van der Waals surface area contributed by atoms with Gasteiger partial charge in [-0.05, 0) is 23.3 Å². The molecule has 0 aliphatic rings. The Morgan fingerprint density at radius 1 is 0.636 bits per heavy atom. The van der Waals surface area contributed by atoms with E-state index in [9.17, 15) is 9.59 Å². The predicted molar refractivity (Wildman–Crippen MR) is 87.4 cm³/mol. The zero-order valence-corrected chi connectivity index (χ0v) is 12.3. The molecule has 0 aliphatic carbocycles. The summed E-state index contributed by atoms with van der Waals surface area (Å²) >= 11 is 0. The smallest absolute Gasteiger partial charge is 0.335 e. The quantitative estimate of drug-likeness (QED) is 0.282. The predicted octanol–water partition coefficient (Wildman–Crippen LogP) is 3.70. The standard InChI is InChI=1S/C18H18O4/c1-7-17(19)21-15(5)11-9-13(3)14(4)10-12-16(6)22-18(20)8-2/h7-12H,1-6H2/b11-9-,12-10-. The first kappa shape index (κ1) is 18.9. The molecule has 0 aromatic heterocycles. The second-order valence-corrected chi connectivity index (χ2v) is 3.90. The van der Waals surface area contributed by atoms with E-state index in [1.54, 1.807) is 12.2 Å². The topological polar surface area (TPSA) is 52.6 Å². The Morgan fingerprint density at radius 2 is 0.955 bits per heavy atom. The number of carbonyl (C=O) groups is 2. The normalized spacial score (nSPS) is 10.0. The summed E-state index contributed by atoms with van der Waals surface area (Å²) in [6, 6.07) is 0. The zero-order chi connectivity index (χ0) is 17.1. The lowest BCUT2D eigenvalue weighted by molar-refractivity contribution is -0.134. The molecule has 0 aromatic rings. The number of rotatable bonds is 9. The molecule has 0 aromatic carbocycles. The minimum atomic E-state index is -0.598. The molecule has 4 heteroatoms. The Bertz CT molecular complexity index is 547. The van der Waals surface area contributed by atoms with Crippen molar-refractivity contribution >= 4 is 11.9 Å². The van der Waals surface area contributed by atoms with E-state index >= 15 is 0 Å². The molecule has 0 heterocycles. The molecular weight excluding hydrogens is 280 g/mol. The fraction of sp³-hybridized carbons (Fsp3) is 0.